The SMILES string of the molecule is CC(C)C(CNC(=O)c1ccc2c(c1)OCC(=O)N2)Nc1ccccc1. The molecule has 3 N–H and O–H groups in total. The van der Waals surface area contributed by atoms with Crippen molar-refractivity contribution in [2.45, 2.75) is 19.9 Å². The maximum Gasteiger partial charge on any atom is 0.262 e. The molecule has 2 amide bonds. The first-order chi connectivity index (χ1) is 12.5. The summed E-state index contributed by atoms with van der Waals surface area (Å²) in [5, 5.41) is 9.14. The van der Waals surface area contributed by atoms with Crippen molar-refractivity contribution >= 4 is 23.2 Å². The maximum absolute atomic E-state index is 12.5. The van der Waals surface area contributed by atoms with Crippen molar-refractivity contribution in [2.24, 2.45) is 5.92 Å². The van der Waals surface area contributed by atoms with Crippen LogP contribution in [-0.4, -0.2) is 31.0 Å². The van der Waals surface area contributed by atoms with Gasteiger partial charge in [-0.25, -0.2) is 0 Å². The number of fused-ring (bicyclic) bond motifs is 1. The lowest BCUT2D eigenvalue weighted by Crippen LogP contribution is -2.39. The average molecular weight is 353 g/mol. The maximum atomic E-state index is 12.5. The fourth-order valence-electron chi connectivity index (χ4n) is 2.72. The molecule has 1 heterocycles. The van der Waals surface area contributed by atoms with E-state index in [2.05, 4.69) is 29.8 Å². The predicted molar refractivity (Wildman–Crippen MR) is 102 cm³/mol. The number of benzene rings is 2. The Morgan fingerprint density at radius 1 is 1.19 bits per heavy atom. The van der Waals surface area contributed by atoms with Crippen molar-refractivity contribution in [3.8, 4) is 5.75 Å². The summed E-state index contributed by atoms with van der Waals surface area (Å²) in [7, 11) is 0. The van der Waals surface area contributed by atoms with Crippen molar-refractivity contribution in [1.82, 2.24) is 5.32 Å². The molecule has 136 valence electrons. The fourth-order valence-corrected chi connectivity index (χ4v) is 2.72. The molecular weight excluding hydrogens is 330 g/mol. The van der Waals surface area contributed by atoms with E-state index in [1.54, 1.807) is 18.2 Å². The Kier molecular flexibility index (Phi) is 5.41. The lowest BCUT2D eigenvalue weighted by molar-refractivity contribution is -0.118. The number of carbonyl (C=O) groups is 2. The number of carbonyl (C=O) groups excluding carboxylic acids is 2. The summed E-state index contributed by atoms with van der Waals surface area (Å²) in [6, 6.07) is 15.1. The van der Waals surface area contributed by atoms with Gasteiger partial charge >= 0.3 is 0 Å². The molecule has 0 fully saturated rings. The Labute approximate surface area is 152 Å². The van der Waals surface area contributed by atoms with Gasteiger partial charge in [0.15, 0.2) is 6.61 Å². The Hall–Kier alpha value is -3.02. The summed E-state index contributed by atoms with van der Waals surface area (Å²) in [6.07, 6.45) is 0. The lowest BCUT2D eigenvalue weighted by Gasteiger charge is -2.24. The molecule has 2 aromatic carbocycles. The molecule has 1 aliphatic heterocycles. The molecule has 1 atom stereocenters. The molecule has 0 saturated heterocycles. The number of amides is 2. The molecule has 0 aromatic heterocycles. The second-order valence-corrected chi connectivity index (χ2v) is 6.62. The largest absolute Gasteiger partial charge is 0.482 e. The summed E-state index contributed by atoms with van der Waals surface area (Å²) in [5.41, 5.74) is 2.11. The molecule has 26 heavy (non-hydrogen) atoms. The van der Waals surface area contributed by atoms with Gasteiger partial charge in [-0.2, -0.15) is 0 Å². The van der Waals surface area contributed by atoms with Crippen LogP contribution in [0.25, 0.3) is 0 Å². The summed E-state index contributed by atoms with van der Waals surface area (Å²) < 4.78 is 5.36. The highest BCUT2D eigenvalue weighted by atomic mass is 16.5. The highest BCUT2D eigenvalue weighted by Crippen LogP contribution is 2.28. The zero-order valence-corrected chi connectivity index (χ0v) is 14.9. The third kappa shape index (κ3) is 4.33. The molecule has 0 aliphatic carbocycles. The number of hydrogen-bond acceptors (Lipinski definition) is 4. The standard InChI is InChI=1S/C20H23N3O3/c1-13(2)17(22-15-6-4-3-5-7-15)11-21-20(25)14-8-9-16-18(10-14)26-12-19(24)23-16/h3-10,13,17,22H,11-12H2,1-2H3,(H,21,25)(H,23,24). The summed E-state index contributed by atoms with van der Waals surface area (Å²) >= 11 is 0. The van der Waals surface area contributed by atoms with Crippen molar-refractivity contribution in [3.63, 3.8) is 0 Å². The van der Waals surface area contributed by atoms with E-state index in [4.69, 9.17) is 4.74 Å². The van der Waals surface area contributed by atoms with Crippen molar-refractivity contribution < 1.29 is 14.3 Å². The van der Waals surface area contributed by atoms with Crippen LogP contribution in [0.3, 0.4) is 0 Å². The normalized spacial score (nSPS) is 14.0. The van der Waals surface area contributed by atoms with Gasteiger partial charge in [0.25, 0.3) is 11.8 Å². The molecule has 0 radical (unpaired) electrons. The van der Waals surface area contributed by atoms with E-state index < -0.39 is 0 Å². The second kappa shape index (κ2) is 7.91. The van der Waals surface area contributed by atoms with Crippen LogP contribution in [0.15, 0.2) is 48.5 Å². The number of anilines is 2. The van der Waals surface area contributed by atoms with E-state index in [1.807, 2.05) is 30.3 Å². The molecule has 3 rings (SSSR count). The van der Waals surface area contributed by atoms with E-state index in [0.29, 0.717) is 29.5 Å². The molecule has 1 aliphatic rings. The molecule has 0 spiro atoms. The van der Waals surface area contributed by atoms with Crippen LogP contribution in [0.5, 0.6) is 5.75 Å². The Balaban J connectivity index is 1.62. The first kappa shape index (κ1) is 17.8. The minimum Gasteiger partial charge on any atom is -0.482 e. The van der Waals surface area contributed by atoms with Crippen LogP contribution in [0.2, 0.25) is 0 Å². The van der Waals surface area contributed by atoms with Crippen LogP contribution >= 0.6 is 0 Å². The highest BCUT2D eigenvalue weighted by Gasteiger charge is 2.19. The number of hydrogen-bond donors (Lipinski definition) is 3. The predicted octanol–water partition coefficient (Wildman–Crippen LogP) is 2.88. The zero-order chi connectivity index (χ0) is 18.5. The summed E-state index contributed by atoms with van der Waals surface area (Å²) in [6.45, 7) is 4.69. The Bertz CT molecular complexity index is 790. The summed E-state index contributed by atoms with van der Waals surface area (Å²) in [4.78, 5) is 23.8. The Morgan fingerprint density at radius 2 is 1.96 bits per heavy atom. The monoisotopic (exact) mass is 353 g/mol. The molecule has 6 nitrogen and oxygen atoms in total. The van der Waals surface area contributed by atoms with E-state index >= 15 is 0 Å². The van der Waals surface area contributed by atoms with Crippen LogP contribution in [-0.2, 0) is 4.79 Å². The average Bonchev–Trinajstić information content (AvgIpc) is 2.65. The highest BCUT2D eigenvalue weighted by molar-refractivity contribution is 5.99. The minimum atomic E-state index is -0.193. The van der Waals surface area contributed by atoms with Crippen LogP contribution in [0, 0.1) is 5.92 Å². The zero-order valence-electron chi connectivity index (χ0n) is 14.9. The van der Waals surface area contributed by atoms with Gasteiger partial charge in [0.2, 0.25) is 0 Å². The molecule has 0 bridgehead atoms. The van der Waals surface area contributed by atoms with Gasteiger partial charge in [-0.1, -0.05) is 32.0 Å². The van der Waals surface area contributed by atoms with E-state index in [0.717, 1.165) is 5.69 Å². The molecule has 1 unspecified atom stereocenters. The van der Waals surface area contributed by atoms with Crippen LogP contribution < -0.4 is 20.7 Å². The molecule has 0 saturated carbocycles. The lowest BCUT2D eigenvalue weighted by atomic mass is 10.0. The van der Waals surface area contributed by atoms with Gasteiger partial charge in [0, 0.05) is 23.8 Å². The van der Waals surface area contributed by atoms with Gasteiger partial charge < -0.3 is 20.7 Å². The van der Waals surface area contributed by atoms with Gasteiger partial charge in [0.05, 0.1) is 5.69 Å². The van der Waals surface area contributed by atoms with Gasteiger partial charge in [-0.3, -0.25) is 9.59 Å². The van der Waals surface area contributed by atoms with Gasteiger partial charge in [0.1, 0.15) is 5.75 Å². The van der Waals surface area contributed by atoms with Gasteiger partial charge in [-0.15, -0.1) is 0 Å². The minimum absolute atomic E-state index is 0.0332. The number of ether oxygens (including phenoxy) is 1. The topological polar surface area (TPSA) is 79.5 Å². The van der Waals surface area contributed by atoms with E-state index in [1.165, 1.54) is 0 Å². The first-order valence-electron chi connectivity index (χ1n) is 8.69. The first-order valence-corrected chi connectivity index (χ1v) is 8.69. The number of rotatable bonds is 6. The van der Waals surface area contributed by atoms with Gasteiger partial charge in [-0.05, 0) is 36.2 Å². The van der Waals surface area contributed by atoms with Crippen LogP contribution in [0.4, 0.5) is 11.4 Å². The van der Waals surface area contributed by atoms with Crippen molar-refractivity contribution in [1.29, 1.82) is 0 Å². The number of para-hydroxylation sites is 1. The third-order valence-electron chi connectivity index (χ3n) is 4.29. The second-order valence-electron chi connectivity index (χ2n) is 6.62. The van der Waals surface area contributed by atoms with E-state index in [-0.39, 0.29) is 24.5 Å². The molecule has 6 heteroatoms. The van der Waals surface area contributed by atoms with Crippen molar-refractivity contribution in [2.75, 3.05) is 23.8 Å². The molecular formula is C20H23N3O3. The van der Waals surface area contributed by atoms with Crippen molar-refractivity contribution in [3.05, 3.63) is 54.1 Å². The smallest absolute Gasteiger partial charge is 0.262 e. The molecule has 2 aromatic rings. The Morgan fingerprint density at radius 3 is 2.69 bits per heavy atom. The quantitative estimate of drug-likeness (QED) is 0.746. The summed E-state index contributed by atoms with van der Waals surface area (Å²) in [5.74, 6) is 0.493. The van der Waals surface area contributed by atoms with Crippen LogP contribution in [0.1, 0.15) is 24.2 Å². The fraction of sp³-hybridized carbons (Fsp3) is 0.300. The third-order valence-corrected chi connectivity index (χ3v) is 4.29. The number of nitrogens with one attached hydrogen (secondary N) is 3. The van der Waals surface area contributed by atoms with E-state index in [9.17, 15) is 9.59 Å².